The zero-order valence-corrected chi connectivity index (χ0v) is 12.3. The first-order valence-electron chi connectivity index (χ1n) is 5.60. The summed E-state index contributed by atoms with van der Waals surface area (Å²) in [4.78, 5) is 22.1. The number of ether oxygens (including phenoxy) is 1. The van der Waals surface area contributed by atoms with Gasteiger partial charge in [0.25, 0.3) is 0 Å². The van der Waals surface area contributed by atoms with Crippen molar-refractivity contribution in [1.82, 2.24) is 14.4 Å². The normalized spacial score (nSPS) is 11.1. The Morgan fingerprint density at radius 1 is 1.32 bits per heavy atom. The number of imidazole rings is 1. The van der Waals surface area contributed by atoms with Gasteiger partial charge in [-0.25, -0.2) is 14.8 Å². The van der Waals surface area contributed by atoms with E-state index >= 15 is 0 Å². The quantitative estimate of drug-likeness (QED) is 0.682. The van der Waals surface area contributed by atoms with Crippen LogP contribution in [0.2, 0.25) is 0 Å². The topological polar surface area (TPSA) is 56.5 Å². The molecule has 0 amide bonds. The number of hydrogen-bond acceptors (Lipinski definition) is 6. The molecule has 0 atom stereocenters. The summed E-state index contributed by atoms with van der Waals surface area (Å²) in [5, 5.41) is 2.77. The number of methoxy groups -OCH3 is 1. The van der Waals surface area contributed by atoms with Gasteiger partial charge in [-0.3, -0.25) is 4.40 Å². The third-order valence-corrected chi connectivity index (χ3v) is 4.71. The summed E-state index contributed by atoms with van der Waals surface area (Å²) in [6, 6.07) is 0. The molecule has 0 bridgehead atoms. The highest BCUT2D eigenvalue weighted by molar-refractivity contribution is 7.17. The van der Waals surface area contributed by atoms with Crippen LogP contribution in [0, 0.1) is 13.8 Å². The van der Waals surface area contributed by atoms with Crippen molar-refractivity contribution in [2.75, 3.05) is 7.11 Å². The van der Waals surface area contributed by atoms with Gasteiger partial charge in [-0.2, -0.15) is 0 Å². The first-order chi connectivity index (χ1) is 9.11. The largest absolute Gasteiger partial charge is 0.465 e. The van der Waals surface area contributed by atoms with Crippen LogP contribution in [0.3, 0.4) is 0 Å². The van der Waals surface area contributed by atoms with Gasteiger partial charge in [0, 0.05) is 11.6 Å². The van der Waals surface area contributed by atoms with Crippen LogP contribution in [0.25, 0.3) is 15.7 Å². The highest BCUT2D eigenvalue weighted by Crippen LogP contribution is 2.32. The predicted octanol–water partition coefficient (Wildman–Crippen LogP) is 2.92. The van der Waals surface area contributed by atoms with Crippen molar-refractivity contribution < 1.29 is 9.53 Å². The molecule has 0 saturated heterocycles. The molecular weight excluding hydrogens is 282 g/mol. The maximum Gasteiger partial charge on any atom is 0.349 e. The molecule has 0 aliphatic carbocycles. The standard InChI is InChI=1S/C12H11N3O2S2/c1-6-8(15-4-5-18-12(15)14-6)10-13-7(2)9(19-10)11(16)17-3/h4-5H,1-3H3. The van der Waals surface area contributed by atoms with Crippen LogP contribution in [0.5, 0.6) is 0 Å². The van der Waals surface area contributed by atoms with E-state index in [1.807, 2.05) is 29.8 Å². The summed E-state index contributed by atoms with van der Waals surface area (Å²) in [6.07, 6.45) is 1.96. The highest BCUT2D eigenvalue weighted by atomic mass is 32.1. The molecule has 3 aromatic rings. The van der Waals surface area contributed by atoms with Crippen molar-refractivity contribution in [3.8, 4) is 10.7 Å². The Kier molecular flexibility index (Phi) is 2.87. The molecule has 0 fully saturated rings. The molecule has 19 heavy (non-hydrogen) atoms. The number of carbonyl (C=O) groups is 1. The Morgan fingerprint density at radius 3 is 2.84 bits per heavy atom. The van der Waals surface area contributed by atoms with E-state index in [9.17, 15) is 4.79 Å². The predicted molar refractivity (Wildman–Crippen MR) is 75.0 cm³/mol. The van der Waals surface area contributed by atoms with E-state index in [0.29, 0.717) is 10.6 Å². The van der Waals surface area contributed by atoms with E-state index in [1.54, 1.807) is 11.3 Å². The zero-order valence-electron chi connectivity index (χ0n) is 10.6. The number of hydrogen-bond donors (Lipinski definition) is 0. The molecule has 3 rings (SSSR count). The van der Waals surface area contributed by atoms with Crippen LogP contribution in [-0.2, 0) is 4.74 Å². The lowest BCUT2D eigenvalue weighted by atomic mass is 10.3. The van der Waals surface area contributed by atoms with Crippen molar-refractivity contribution in [1.29, 1.82) is 0 Å². The highest BCUT2D eigenvalue weighted by Gasteiger charge is 2.20. The number of thiazole rings is 2. The molecule has 7 heteroatoms. The molecule has 0 radical (unpaired) electrons. The lowest BCUT2D eigenvalue weighted by molar-refractivity contribution is 0.0605. The molecule has 0 spiro atoms. The molecular formula is C12H11N3O2S2. The first kappa shape index (κ1) is 12.3. The maximum atomic E-state index is 11.6. The summed E-state index contributed by atoms with van der Waals surface area (Å²) in [5.74, 6) is -0.343. The minimum atomic E-state index is -0.343. The van der Waals surface area contributed by atoms with E-state index in [-0.39, 0.29) is 5.97 Å². The first-order valence-corrected chi connectivity index (χ1v) is 7.29. The summed E-state index contributed by atoms with van der Waals surface area (Å²) >= 11 is 2.92. The SMILES string of the molecule is COC(=O)c1sc(-c2c(C)nc3sccn23)nc1C. The fourth-order valence-electron chi connectivity index (χ4n) is 1.93. The van der Waals surface area contributed by atoms with Gasteiger partial charge >= 0.3 is 5.97 Å². The van der Waals surface area contributed by atoms with E-state index in [1.165, 1.54) is 18.4 Å². The lowest BCUT2D eigenvalue weighted by Gasteiger charge is -1.95. The Labute approximate surface area is 117 Å². The van der Waals surface area contributed by atoms with E-state index in [4.69, 9.17) is 4.74 Å². The second-order valence-corrected chi connectivity index (χ2v) is 5.90. The molecule has 0 aliphatic rings. The van der Waals surface area contributed by atoms with Gasteiger partial charge in [-0.1, -0.05) is 0 Å². The number of esters is 1. The van der Waals surface area contributed by atoms with Gasteiger partial charge in [0.05, 0.1) is 18.5 Å². The second kappa shape index (κ2) is 4.43. The monoisotopic (exact) mass is 293 g/mol. The minimum Gasteiger partial charge on any atom is -0.465 e. The van der Waals surface area contributed by atoms with Crippen molar-refractivity contribution in [2.24, 2.45) is 0 Å². The van der Waals surface area contributed by atoms with Crippen LogP contribution in [-0.4, -0.2) is 27.4 Å². The van der Waals surface area contributed by atoms with Gasteiger partial charge < -0.3 is 4.74 Å². The second-order valence-electron chi connectivity index (χ2n) is 4.03. The number of nitrogens with zero attached hydrogens (tertiary/aromatic N) is 3. The van der Waals surface area contributed by atoms with Crippen molar-refractivity contribution in [3.63, 3.8) is 0 Å². The molecule has 5 nitrogen and oxygen atoms in total. The molecule has 98 valence electrons. The van der Waals surface area contributed by atoms with Gasteiger partial charge in [0.15, 0.2) is 4.96 Å². The van der Waals surface area contributed by atoms with Crippen LogP contribution >= 0.6 is 22.7 Å². The Balaban J connectivity index is 2.19. The van der Waals surface area contributed by atoms with Gasteiger partial charge in [-0.05, 0) is 13.8 Å². The fourth-order valence-corrected chi connectivity index (χ4v) is 3.77. The average Bonchev–Trinajstić information content (AvgIpc) is 3.02. The molecule has 0 unspecified atom stereocenters. The van der Waals surface area contributed by atoms with Gasteiger partial charge in [0.1, 0.15) is 15.6 Å². The third-order valence-electron chi connectivity index (χ3n) is 2.81. The summed E-state index contributed by atoms with van der Waals surface area (Å²) in [5.41, 5.74) is 2.55. The zero-order chi connectivity index (χ0) is 13.6. The summed E-state index contributed by atoms with van der Waals surface area (Å²) in [7, 11) is 1.38. The van der Waals surface area contributed by atoms with E-state index < -0.39 is 0 Å². The summed E-state index contributed by atoms with van der Waals surface area (Å²) < 4.78 is 6.76. The molecule has 3 aromatic heterocycles. The van der Waals surface area contributed by atoms with Crippen molar-refractivity contribution >= 4 is 33.6 Å². The van der Waals surface area contributed by atoms with E-state index in [0.717, 1.165) is 21.4 Å². The number of carbonyl (C=O) groups excluding carboxylic acids is 1. The Bertz CT molecular complexity index is 769. The molecule has 0 aliphatic heterocycles. The molecule has 0 saturated carbocycles. The van der Waals surface area contributed by atoms with Gasteiger partial charge in [-0.15, -0.1) is 22.7 Å². The molecule has 0 aromatic carbocycles. The fraction of sp³-hybridized carbons (Fsp3) is 0.250. The van der Waals surface area contributed by atoms with Gasteiger partial charge in [0.2, 0.25) is 0 Å². The number of fused-ring (bicyclic) bond motifs is 1. The minimum absolute atomic E-state index is 0.343. The molecule has 0 N–H and O–H groups in total. The Morgan fingerprint density at radius 2 is 2.11 bits per heavy atom. The summed E-state index contributed by atoms with van der Waals surface area (Å²) in [6.45, 7) is 3.76. The lowest BCUT2D eigenvalue weighted by Crippen LogP contribution is -1.99. The number of aryl methyl sites for hydroxylation is 2. The van der Waals surface area contributed by atoms with Crippen LogP contribution < -0.4 is 0 Å². The number of rotatable bonds is 2. The van der Waals surface area contributed by atoms with E-state index in [2.05, 4.69) is 9.97 Å². The van der Waals surface area contributed by atoms with Crippen LogP contribution in [0.15, 0.2) is 11.6 Å². The van der Waals surface area contributed by atoms with Crippen molar-refractivity contribution in [2.45, 2.75) is 13.8 Å². The average molecular weight is 293 g/mol. The van der Waals surface area contributed by atoms with Crippen LogP contribution in [0.1, 0.15) is 21.1 Å². The number of aromatic nitrogens is 3. The Hall–Kier alpha value is -1.73. The third kappa shape index (κ3) is 1.85. The molecule has 3 heterocycles. The van der Waals surface area contributed by atoms with Crippen LogP contribution in [0.4, 0.5) is 0 Å². The smallest absolute Gasteiger partial charge is 0.349 e. The maximum absolute atomic E-state index is 11.6. The van der Waals surface area contributed by atoms with Crippen molar-refractivity contribution in [3.05, 3.63) is 27.8 Å².